The summed E-state index contributed by atoms with van der Waals surface area (Å²) in [4.78, 5) is 11.4. The van der Waals surface area contributed by atoms with E-state index < -0.39 is 0 Å². The van der Waals surface area contributed by atoms with Gasteiger partial charge < -0.3 is 10.3 Å². The number of rotatable bonds is 1. The van der Waals surface area contributed by atoms with Crippen LogP contribution in [-0.4, -0.2) is 28.0 Å². The van der Waals surface area contributed by atoms with E-state index in [2.05, 4.69) is 20.3 Å². The molecule has 3 heterocycles. The number of hydrogen-bond acceptors (Lipinski definition) is 3. The summed E-state index contributed by atoms with van der Waals surface area (Å²) in [6, 6.07) is 0. The summed E-state index contributed by atoms with van der Waals surface area (Å²) < 4.78 is 0. The Labute approximate surface area is 98.4 Å². The maximum atomic E-state index is 6.14. The standard InChI is InChI=1S/C11H13ClN4/c12-10-9-8(7-1-3-13-4-2-7)5-14-11(9)16-6-15-10/h5-7,13H,1-4H2,(H,14,15,16). The van der Waals surface area contributed by atoms with Gasteiger partial charge >= 0.3 is 0 Å². The van der Waals surface area contributed by atoms with Crippen molar-refractivity contribution in [2.24, 2.45) is 0 Å². The highest BCUT2D eigenvalue weighted by molar-refractivity contribution is 6.34. The van der Waals surface area contributed by atoms with Crippen LogP contribution in [0.5, 0.6) is 0 Å². The molecule has 0 unspecified atom stereocenters. The number of fused-ring (bicyclic) bond motifs is 1. The zero-order valence-corrected chi connectivity index (χ0v) is 9.59. The van der Waals surface area contributed by atoms with Gasteiger partial charge in [0.1, 0.15) is 17.1 Å². The van der Waals surface area contributed by atoms with Gasteiger partial charge in [-0.1, -0.05) is 11.6 Å². The maximum absolute atomic E-state index is 6.14. The van der Waals surface area contributed by atoms with Gasteiger partial charge in [0.15, 0.2) is 0 Å². The Hall–Kier alpha value is -1.13. The lowest BCUT2D eigenvalue weighted by molar-refractivity contribution is 0.462. The molecule has 1 saturated heterocycles. The lowest BCUT2D eigenvalue weighted by Crippen LogP contribution is -2.26. The predicted molar refractivity (Wildman–Crippen MR) is 63.7 cm³/mol. The fourth-order valence-electron chi connectivity index (χ4n) is 2.40. The van der Waals surface area contributed by atoms with E-state index in [0.717, 1.165) is 37.0 Å². The normalized spacial score (nSPS) is 18.1. The smallest absolute Gasteiger partial charge is 0.142 e. The topological polar surface area (TPSA) is 53.6 Å². The van der Waals surface area contributed by atoms with Crippen molar-refractivity contribution in [1.29, 1.82) is 0 Å². The Kier molecular flexibility index (Phi) is 2.53. The van der Waals surface area contributed by atoms with Gasteiger partial charge in [-0.25, -0.2) is 9.97 Å². The van der Waals surface area contributed by atoms with Gasteiger partial charge in [0.25, 0.3) is 0 Å². The summed E-state index contributed by atoms with van der Waals surface area (Å²) in [5.74, 6) is 0.568. The Balaban J connectivity index is 2.09. The highest BCUT2D eigenvalue weighted by Gasteiger charge is 2.20. The molecule has 2 aromatic rings. The monoisotopic (exact) mass is 236 g/mol. The van der Waals surface area contributed by atoms with E-state index in [4.69, 9.17) is 11.6 Å². The lowest BCUT2D eigenvalue weighted by atomic mass is 9.91. The third-order valence-electron chi connectivity index (χ3n) is 3.23. The first-order valence-corrected chi connectivity index (χ1v) is 5.92. The molecule has 1 fully saturated rings. The average Bonchev–Trinajstić information content (AvgIpc) is 2.75. The second kappa shape index (κ2) is 4.03. The van der Waals surface area contributed by atoms with E-state index in [0.29, 0.717) is 11.1 Å². The molecule has 0 radical (unpaired) electrons. The van der Waals surface area contributed by atoms with Gasteiger partial charge in [0.2, 0.25) is 0 Å². The van der Waals surface area contributed by atoms with E-state index in [1.165, 1.54) is 11.9 Å². The number of nitrogens with one attached hydrogen (secondary N) is 2. The summed E-state index contributed by atoms with van der Waals surface area (Å²) in [5.41, 5.74) is 2.11. The van der Waals surface area contributed by atoms with Crippen molar-refractivity contribution in [2.45, 2.75) is 18.8 Å². The summed E-state index contributed by atoms with van der Waals surface area (Å²) in [5, 5.41) is 4.92. The Morgan fingerprint density at radius 2 is 2.06 bits per heavy atom. The zero-order chi connectivity index (χ0) is 11.0. The molecular formula is C11H13ClN4. The molecule has 0 atom stereocenters. The maximum Gasteiger partial charge on any atom is 0.142 e. The molecule has 0 bridgehead atoms. The molecule has 1 aliphatic heterocycles. The van der Waals surface area contributed by atoms with Crippen molar-refractivity contribution in [3.63, 3.8) is 0 Å². The van der Waals surface area contributed by atoms with Crippen LogP contribution in [0.3, 0.4) is 0 Å². The number of halogens is 1. The summed E-state index contributed by atoms with van der Waals surface area (Å²) >= 11 is 6.14. The zero-order valence-electron chi connectivity index (χ0n) is 8.83. The van der Waals surface area contributed by atoms with Crippen molar-refractivity contribution in [2.75, 3.05) is 13.1 Å². The molecule has 5 heteroatoms. The highest BCUT2D eigenvalue weighted by atomic mass is 35.5. The summed E-state index contributed by atoms with van der Waals surface area (Å²) in [7, 11) is 0. The molecular weight excluding hydrogens is 224 g/mol. The molecule has 1 aliphatic rings. The SMILES string of the molecule is Clc1ncnc2[nH]cc(C3CCNCC3)c12. The van der Waals surface area contributed by atoms with Crippen LogP contribution in [0.4, 0.5) is 0 Å². The second-order valence-electron chi connectivity index (χ2n) is 4.16. The molecule has 0 saturated carbocycles. The number of H-pyrrole nitrogens is 1. The number of piperidine rings is 1. The molecule has 0 aromatic carbocycles. The third kappa shape index (κ3) is 1.58. The number of aromatic amines is 1. The van der Waals surface area contributed by atoms with Gasteiger partial charge in [0.05, 0.1) is 5.39 Å². The van der Waals surface area contributed by atoms with Crippen molar-refractivity contribution in [1.82, 2.24) is 20.3 Å². The van der Waals surface area contributed by atoms with Crippen LogP contribution < -0.4 is 5.32 Å². The molecule has 2 N–H and O–H groups in total. The fraction of sp³-hybridized carbons (Fsp3) is 0.455. The minimum Gasteiger partial charge on any atom is -0.346 e. The van der Waals surface area contributed by atoms with Crippen molar-refractivity contribution >= 4 is 22.6 Å². The van der Waals surface area contributed by atoms with Crippen molar-refractivity contribution in [3.8, 4) is 0 Å². The molecule has 0 aliphatic carbocycles. The third-order valence-corrected chi connectivity index (χ3v) is 3.52. The van der Waals surface area contributed by atoms with E-state index in [9.17, 15) is 0 Å². The summed E-state index contributed by atoms with van der Waals surface area (Å²) in [6.07, 6.45) is 5.82. The van der Waals surface area contributed by atoms with E-state index >= 15 is 0 Å². The average molecular weight is 237 g/mol. The fourth-order valence-corrected chi connectivity index (χ4v) is 2.64. The van der Waals surface area contributed by atoms with Crippen LogP contribution >= 0.6 is 11.6 Å². The van der Waals surface area contributed by atoms with Gasteiger partial charge in [-0.05, 0) is 37.4 Å². The van der Waals surface area contributed by atoms with E-state index in [1.807, 2.05) is 6.20 Å². The van der Waals surface area contributed by atoms with Crippen LogP contribution in [0.1, 0.15) is 24.3 Å². The van der Waals surface area contributed by atoms with Gasteiger partial charge in [0, 0.05) is 6.20 Å². The molecule has 2 aromatic heterocycles. The first kappa shape index (κ1) is 10.1. The quantitative estimate of drug-likeness (QED) is 0.746. The first-order chi connectivity index (χ1) is 7.86. The van der Waals surface area contributed by atoms with Crippen LogP contribution in [0, 0.1) is 0 Å². The lowest BCUT2D eigenvalue weighted by Gasteiger charge is -2.22. The molecule has 84 valence electrons. The number of nitrogens with zero attached hydrogens (tertiary/aromatic N) is 2. The number of hydrogen-bond donors (Lipinski definition) is 2. The highest BCUT2D eigenvalue weighted by Crippen LogP contribution is 2.33. The predicted octanol–water partition coefficient (Wildman–Crippen LogP) is 2.08. The second-order valence-corrected chi connectivity index (χ2v) is 4.51. The molecule has 0 amide bonds. The Morgan fingerprint density at radius 3 is 2.88 bits per heavy atom. The molecule has 0 spiro atoms. The van der Waals surface area contributed by atoms with Crippen LogP contribution in [0.2, 0.25) is 5.15 Å². The molecule has 4 nitrogen and oxygen atoms in total. The van der Waals surface area contributed by atoms with Crippen LogP contribution in [-0.2, 0) is 0 Å². The Morgan fingerprint density at radius 1 is 1.25 bits per heavy atom. The van der Waals surface area contributed by atoms with Gasteiger partial charge in [-0.2, -0.15) is 0 Å². The molecule has 3 rings (SSSR count). The number of aromatic nitrogens is 3. The van der Waals surface area contributed by atoms with Gasteiger partial charge in [-0.3, -0.25) is 0 Å². The Bertz CT molecular complexity index is 502. The molecule has 16 heavy (non-hydrogen) atoms. The van der Waals surface area contributed by atoms with Crippen molar-refractivity contribution < 1.29 is 0 Å². The minimum absolute atomic E-state index is 0.555. The van der Waals surface area contributed by atoms with Crippen LogP contribution in [0.15, 0.2) is 12.5 Å². The van der Waals surface area contributed by atoms with Crippen LogP contribution in [0.25, 0.3) is 11.0 Å². The first-order valence-electron chi connectivity index (χ1n) is 5.54. The van der Waals surface area contributed by atoms with E-state index in [1.54, 1.807) is 0 Å². The largest absolute Gasteiger partial charge is 0.346 e. The summed E-state index contributed by atoms with van der Waals surface area (Å²) in [6.45, 7) is 2.14. The van der Waals surface area contributed by atoms with Gasteiger partial charge in [-0.15, -0.1) is 0 Å². The van der Waals surface area contributed by atoms with Crippen molar-refractivity contribution in [3.05, 3.63) is 23.2 Å². The minimum atomic E-state index is 0.555. The van der Waals surface area contributed by atoms with E-state index in [-0.39, 0.29) is 0 Å².